The van der Waals surface area contributed by atoms with Gasteiger partial charge < -0.3 is 14.8 Å². The number of carboxylic acids is 1. The largest absolute Gasteiger partial charge is 0.496 e. The fraction of sp³-hybridized carbons (Fsp3) is 0.0667. The molecular formula is C15H11FN2O3. The second-order valence-electron chi connectivity index (χ2n) is 4.44. The van der Waals surface area contributed by atoms with E-state index in [1.54, 1.807) is 12.1 Å². The van der Waals surface area contributed by atoms with Crippen LogP contribution >= 0.6 is 0 Å². The van der Waals surface area contributed by atoms with Gasteiger partial charge in [0.15, 0.2) is 0 Å². The summed E-state index contributed by atoms with van der Waals surface area (Å²) in [7, 11) is 1.53. The molecule has 106 valence electrons. The number of hydrogen-bond donors (Lipinski definition) is 2. The van der Waals surface area contributed by atoms with E-state index in [0.29, 0.717) is 22.7 Å². The van der Waals surface area contributed by atoms with Crippen LogP contribution in [0.4, 0.5) is 4.39 Å². The molecule has 0 saturated carbocycles. The molecule has 1 heterocycles. The zero-order chi connectivity index (χ0) is 15.0. The third-order valence-electron chi connectivity index (χ3n) is 3.14. The van der Waals surface area contributed by atoms with E-state index in [1.165, 1.54) is 13.2 Å². The molecule has 6 heteroatoms. The number of ether oxygens (including phenoxy) is 1. The van der Waals surface area contributed by atoms with Crippen LogP contribution in [0.5, 0.6) is 5.75 Å². The minimum Gasteiger partial charge on any atom is -0.496 e. The highest BCUT2D eigenvalue weighted by Gasteiger charge is 2.17. The Bertz CT molecular complexity index is 842. The molecule has 3 rings (SSSR count). The number of nitrogens with zero attached hydrogens (tertiary/aromatic N) is 1. The maximum Gasteiger partial charge on any atom is 0.338 e. The van der Waals surface area contributed by atoms with Gasteiger partial charge in [0.05, 0.1) is 23.8 Å². The Morgan fingerprint density at radius 1 is 1.33 bits per heavy atom. The van der Waals surface area contributed by atoms with Crippen LogP contribution in [0, 0.1) is 5.82 Å². The van der Waals surface area contributed by atoms with Crippen molar-refractivity contribution in [3.05, 3.63) is 47.8 Å². The molecule has 21 heavy (non-hydrogen) atoms. The van der Waals surface area contributed by atoms with Crippen molar-refractivity contribution in [1.29, 1.82) is 0 Å². The van der Waals surface area contributed by atoms with Crippen molar-refractivity contribution in [2.24, 2.45) is 0 Å². The Labute approximate surface area is 119 Å². The molecule has 1 aromatic heterocycles. The third kappa shape index (κ3) is 2.20. The minimum absolute atomic E-state index is 0.178. The molecule has 0 aliphatic rings. The van der Waals surface area contributed by atoms with Crippen molar-refractivity contribution < 1.29 is 19.0 Å². The van der Waals surface area contributed by atoms with Gasteiger partial charge in [-0.05, 0) is 24.3 Å². The molecule has 0 amide bonds. The van der Waals surface area contributed by atoms with Crippen LogP contribution in [0.15, 0.2) is 36.4 Å². The van der Waals surface area contributed by atoms with Crippen LogP contribution < -0.4 is 4.74 Å². The van der Waals surface area contributed by atoms with Crippen LogP contribution in [0.3, 0.4) is 0 Å². The summed E-state index contributed by atoms with van der Waals surface area (Å²) in [6.07, 6.45) is 0. The smallest absolute Gasteiger partial charge is 0.338 e. The van der Waals surface area contributed by atoms with E-state index >= 15 is 0 Å². The lowest BCUT2D eigenvalue weighted by Gasteiger charge is -2.04. The molecule has 0 radical (unpaired) electrons. The van der Waals surface area contributed by atoms with E-state index in [1.807, 2.05) is 12.1 Å². The standard InChI is InChI=1S/C15H11FN2O3/c1-21-12-5-3-2-4-9(12)14-17-11-7-8(16)6-10(15(19)20)13(11)18-14/h2-7H,1H3,(H,17,18)(H,19,20). The molecule has 0 aliphatic heterocycles. The second-order valence-corrected chi connectivity index (χ2v) is 4.44. The number of hydrogen-bond acceptors (Lipinski definition) is 3. The number of aromatic amines is 1. The molecule has 0 atom stereocenters. The molecule has 2 N–H and O–H groups in total. The molecule has 2 aromatic carbocycles. The number of rotatable bonds is 3. The molecule has 0 fully saturated rings. The van der Waals surface area contributed by atoms with Crippen LogP contribution in [0.25, 0.3) is 22.4 Å². The molecule has 0 unspecified atom stereocenters. The van der Waals surface area contributed by atoms with Gasteiger partial charge in [-0.1, -0.05) is 12.1 Å². The predicted molar refractivity (Wildman–Crippen MR) is 75.0 cm³/mol. The van der Waals surface area contributed by atoms with Crippen LogP contribution in [-0.4, -0.2) is 28.2 Å². The number of fused-ring (bicyclic) bond motifs is 1. The van der Waals surface area contributed by atoms with Crippen molar-refractivity contribution in [3.63, 3.8) is 0 Å². The number of aromatic nitrogens is 2. The van der Waals surface area contributed by atoms with Gasteiger partial charge >= 0.3 is 5.97 Å². The topological polar surface area (TPSA) is 75.2 Å². The fourth-order valence-corrected chi connectivity index (χ4v) is 2.21. The first-order chi connectivity index (χ1) is 10.1. The Morgan fingerprint density at radius 2 is 2.10 bits per heavy atom. The average Bonchev–Trinajstić information content (AvgIpc) is 2.89. The SMILES string of the molecule is COc1ccccc1-c1nc2c(C(=O)O)cc(F)cc2[nH]1. The van der Waals surface area contributed by atoms with Gasteiger partial charge in [0.25, 0.3) is 0 Å². The molecular weight excluding hydrogens is 275 g/mol. The number of H-pyrrole nitrogens is 1. The van der Waals surface area contributed by atoms with Crippen LogP contribution in [0.1, 0.15) is 10.4 Å². The summed E-state index contributed by atoms with van der Waals surface area (Å²) in [6.45, 7) is 0. The Balaban J connectivity index is 2.26. The monoisotopic (exact) mass is 286 g/mol. The van der Waals surface area contributed by atoms with Crippen LogP contribution in [0.2, 0.25) is 0 Å². The first kappa shape index (κ1) is 13.1. The third-order valence-corrected chi connectivity index (χ3v) is 3.14. The number of methoxy groups -OCH3 is 1. The summed E-state index contributed by atoms with van der Waals surface area (Å²) in [5, 5.41) is 9.14. The average molecular weight is 286 g/mol. The van der Waals surface area contributed by atoms with Gasteiger partial charge in [0, 0.05) is 0 Å². The van der Waals surface area contributed by atoms with Crippen molar-refractivity contribution in [1.82, 2.24) is 9.97 Å². The Kier molecular flexibility index (Phi) is 3.06. The highest BCUT2D eigenvalue weighted by atomic mass is 19.1. The minimum atomic E-state index is -1.22. The molecule has 3 aromatic rings. The van der Waals surface area contributed by atoms with Gasteiger partial charge in [-0.25, -0.2) is 14.2 Å². The highest BCUT2D eigenvalue weighted by molar-refractivity contribution is 6.01. The summed E-state index contributed by atoms with van der Waals surface area (Å²) in [5.74, 6) is -0.836. The number of benzene rings is 2. The lowest BCUT2D eigenvalue weighted by atomic mass is 10.2. The fourth-order valence-electron chi connectivity index (χ4n) is 2.21. The number of halogens is 1. The lowest BCUT2D eigenvalue weighted by Crippen LogP contribution is -1.98. The van der Waals surface area contributed by atoms with E-state index in [4.69, 9.17) is 9.84 Å². The van der Waals surface area contributed by atoms with Gasteiger partial charge in [-0.15, -0.1) is 0 Å². The first-order valence-electron chi connectivity index (χ1n) is 6.16. The van der Waals surface area contributed by atoms with Crippen molar-refractivity contribution in [3.8, 4) is 17.1 Å². The number of carbonyl (C=O) groups is 1. The van der Waals surface area contributed by atoms with E-state index in [0.717, 1.165) is 6.07 Å². The normalized spacial score (nSPS) is 10.8. The Morgan fingerprint density at radius 3 is 2.81 bits per heavy atom. The van der Waals surface area contributed by atoms with E-state index in [9.17, 15) is 9.18 Å². The number of imidazole rings is 1. The van der Waals surface area contributed by atoms with E-state index < -0.39 is 11.8 Å². The molecule has 5 nitrogen and oxygen atoms in total. The maximum atomic E-state index is 13.5. The predicted octanol–water partition coefficient (Wildman–Crippen LogP) is 3.08. The van der Waals surface area contributed by atoms with Crippen molar-refractivity contribution in [2.75, 3.05) is 7.11 Å². The zero-order valence-electron chi connectivity index (χ0n) is 11.1. The summed E-state index contributed by atoms with van der Waals surface area (Å²) in [4.78, 5) is 18.4. The summed E-state index contributed by atoms with van der Waals surface area (Å²) in [6, 6.07) is 9.34. The molecule has 0 spiro atoms. The lowest BCUT2D eigenvalue weighted by molar-refractivity contribution is 0.0698. The van der Waals surface area contributed by atoms with Crippen molar-refractivity contribution in [2.45, 2.75) is 0 Å². The van der Waals surface area contributed by atoms with Crippen molar-refractivity contribution >= 4 is 17.0 Å². The molecule has 0 aliphatic carbocycles. The zero-order valence-corrected chi connectivity index (χ0v) is 11.1. The van der Waals surface area contributed by atoms with Gasteiger partial charge in [0.1, 0.15) is 22.9 Å². The van der Waals surface area contributed by atoms with Gasteiger partial charge in [-0.2, -0.15) is 0 Å². The summed E-state index contributed by atoms with van der Waals surface area (Å²) >= 11 is 0. The summed E-state index contributed by atoms with van der Waals surface area (Å²) in [5.41, 5.74) is 1.04. The maximum absolute atomic E-state index is 13.5. The van der Waals surface area contributed by atoms with E-state index in [2.05, 4.69) is 9.97 Å². The summed E-state index contributed by atoms with van der Waals surface area (Å²) < 4.78 is 18.7. The highest BCUT2D eigenvalue weighted by Crippen LogP contribution is 2.30. The quantitative estimate of drug-likeness (QED) is 0.776. The number of nitrogens with one attached hydrogen (secondary N) is 1. The second kappa shape index (κ2) is 4.90. The van der Waals surface area contributed by atoms with E-state index in [-0.39, 0.29) is 11.1 Å². The molecule has 0 saturated heterocycles. The molecule has 0 bridgehead atoms. The number of para-hydroxylation sites is 1. The van der Waals surface area contributed by atoms with Gasteiger partial charge in [0.2, 0.25) is 0 Å². The van der Waals surface area contributed by atoms with Crippen LogP contribution in [-0.2, 0) is 0 Å². The number of aromatic carboxylic acids is 1. The van der Waals surface area contributed by atoms with Gasteiger partial charge in [-0.3, -0.25) is 0 Å². The first-order valence-corrected chi connectivity index (χ1v) is 6.16. The Hall–Kier alpha value is -2.89. The number of carboxylic acid groups (broad SMARTS) is 1.